The van der Waals surface area contributed by atoms with Crippen molar-refractivity contribution in [2.45, 2.75) is 58.5 Å². The van der Waals surface area contributed by atoms with Gasteiger partial charge in [-0.05, 0) is 83.5 Å². The van der Waals surface area contributed by atoms with Crippen molar-refractivity contribution < 1.29 is 31.6 Å². The van der Waals surface area contributed by atoms with Crippen molar-refractivity contribution >= 4 is 15.9 Å². The number of methoxy groups -OCH3 is 3. The molecule has 2 heterocycles. The largest absolute Gasteiger partial charge is 0.493 e. The standard InChI is InChI=1S/C30H37NO7S/c1-29(2)21-6-8-30(29,28(32)14-21)17-39(33,34)38-27-15-22-18(11-26(27)37-5)7-9-31-16-20-13-25(36-4)24(35-3)12-19(20)10-23(22)31/h11-13,15,21,23H,6-10,14,16-17H2,1-5H3. The molecule has 9 heteroatoms. The Hall–Kier alpha value is -2.78. The van der Waals surface area contributed by atoms with E-state index in [-0.39, 0.29) is 34.7 Å². The monoisotopic (exact) mass is 555 g/mol. The molecule has 0 aromatic heterocycles. The van der Waals surface area contributed by atoms with Crippen LogP contribution >= 0.6 is 0 Å². The number of ketones is 1. The first kappa shape index (κ1) is 26.4. The maximum atomic E-state index is 13.5. The number of rotatable bonds is 7. The van der Waals surface area contributed by atoms with Crippen molar-refractivity contribution in [3.63, 3.8) is 0 Å². The second-order valence-electron chi connectivity index (χ2n) is 12.1. The van der Waals surface area contributed by atoms with Gasteiger partial charge in [-0.2, -0.15) is 8.42 Å². The zero-order valence-corrected chi connectivity index (χ0v) is 24.2. The molecule has 6 rings (SSSR count). The van der Waals surface area contributed by atoms with Crippen molar-refractivity contribution in [2.75, 3.05) is 33.6 Å². The van der Waals surface area contributed by atoms with E-state index in [1.807, 2.05) is 38.1 Å². The van der Waals surface area contributed by atoms with Crippen LogP contribution in [0.1, 0.15) is 61.4 Å². The van der Waals surface area contributed by atoms with Crippen LogP contribution in [0.3, 0.4) is 0 Å². The average Bonchev–Trinajstić information content (AvgIpc) is 3.24. The molecule has 2 bridgehead atoms. The van der Waals surface area contributed by atoms with Crippen LogP contribution in [0.2, 0.25) is 0 Å². The highest BCUT2D eigenvalue weighted by molar-refractivity contribution is 7.87. The molecule has 0 saturated heterocycles. The van der Waals surface area contributed by atoms with Crippen LogP contribution in [0.5, 0.6) is 23.0 Å². The number of nitrogens with zero attached hydrogens (tertiary/aromatic N) is 1. The normalized spacial score (nSPS) is 26.9. The number of fused-ring (bicyclic) bond motifs is 6. The molecule has 4 aliphatic rings. The van der Waals surface area contributed by atoms with Crippen LogP contribution in [-0.2, 0) is 34.3 Å². The molecule has 3 unspecified atom stereocenters. The summed E-state index contributed by atoms with van der Waals surface area (Å²) in [6, 6.07) is 7.91. The Kier molecular flexibility index (Phi) is 6.19. The first-order valence-corrected chi connectivity index (χ1v) is 15.2. The van der Waals surface area contributed by atoms with E-state index >= 15 is 0 Å². The van der Waals surface area contributed by atoms with Crippen LogP contribution in [-0.4, -0.2) is 52.7 Å². The lowest BCUT2D eigenvalue weighted by molar-refractivity contribution is -0.128. The topological polar surface area (TPSA) is 91.4 Å². The number of carbonyl (C=O) groups excluding carboxylic acids is 1. The van der Waals surface area contributed by atoms with E-state index in [0.717, 1.165) is 49.2 Å². The van der Waals surface area contributed by atoms with Crippen LogP contribution in [0, 0.1) is 16.7 Å². The Morgan fingerprint density at radius 1 is 0.897 bits per heavy atom. The van der Waals surface area contributed by atoms with Gasteiger partial charge in [-0.3, -0.25) is 9.69 Å². The van der Waals surface area contributed by atoms with Crippen LogP contribution in [0.25, 0.3) is 0 Å². The number of Topliss-reactive ketones (excluding diaryl/α,β-unsaturated/α-hetero) is 1. The van der Waals surface area contributed by atoms with Gasteiger partial charge < -0.3 is 18.4 Å². The molecule has 2 aromatic rings. The van der Waals surface area contributed by atoms with Crippen molar-refractivity contribution in [2.24, 2.45) is 16.7 Å². The van der Waals surface area contributed by atoms with Crippen LogP contribution < -0.4 is 18.4 Å². The predicted octanol–water partition coefficient (Wildman–Crippen LogP) is 4.47. The fraction of sp³-hybridized carbons (Fsp3) is 0.567. The van der Waals surface area contributed by atoms with Gasteiger partial charge in [-0.25, -0.2) is 0 Å². The lowest BCUT2D eigenvalue weighted by Crippen LogP contribution is -2.43. The highest BCUT2D eigenvalue weighted by Gasteiger charge is 2.65. The summed E-state index contributed by atoms with van der Waals surface area (Å²) in [7, 11) is 0.739. The second-order valence-corrected chi connectivity index (χ2v) is 13.6. The molecule has 3 atom stereocenters. The Bertz CT molecular complexity index is 1450. The maximum absolute atomic E-state index is 13.5. The summed E-state index contributed by atoms with van der Waals surface area (Å²) in [5.41, 5.74) is 3.32. The van der Waals surface area contributed by atoms with Crippen molar-refractivity contribution in [3.8, 4) is 23.0 Å². The molecule has 8 nitrogen and oxygen atoms in total. The van der Waals surface area contributed by atoms with Crippen LogP contribution in [0.15, 0.2) is 24.3 Å². The summed E-state index contributed by atoms with van der Waals surface area (Å²) in [6.07, 6.45) is 3.52. The molecule has 0 radical (unpaired) electrons. The van der Waals surface area contributed by atoms with E-state index in [1.54, 1.807) is 14.2 Å². The third-order valence-electron chi connectivity index (χ3n) is 10.2. The first-order valence-electron chi connectivity index (χ1n) is 13.7. The number of ether oxygens (including phenoxy) is 3. The molecule has 2 aliphatic carbocycles. The van der Waals surface area contributed by atoms with Crippen molar-refractivity contribution in [1.29, 1.82) is 0 Å². The summed E-state index contributed by atoms with van der Waals surface area (Å²) in [6.45, 7) is 5.71. The summed E-state index contributed by atoms with van der Waals surface area (Å²) >= 11 is 0. The Morgan fingerprint density at radius 2 is 1.54 bits per heavy atom. The third kappa shape index (κ3) is 4.03. The fourth-order valence-corrected chi connectivity index (χ4v) is 9.46. The molecular weight excluding hydrogens is 518 g/mol. The molecule has 0 N–H and O–H groups in total. The minimum Gasteiger partial charge on any atom is -0.493 e. The summed E-state index contributed by atoms with van der Waals surface area (Å²) in [5.74, 6) is 1.98. The minimum absolute atomic E-state index is 0.0527. The Morgan fingerprint density at radius 3 is 2.15 bits per heavy atom. The predicted molar refractivity (Wildman–Crippen MR) is 146 cm³/mol. The van der Waals surface area contributed by atoms with E-state index in [9.17, 15) is 13.2 Å². The smallest absolute Gasteiger partial charge is 0.310 e. The van der Waals surface area contributed by atoms with Gasteiger partial charge in [0.05, 0.1) is 32.5 Å². The molecule has 2 aromatic carbocycles. The van der Waals surface area contributed by atoms with Gasteiger partial charge in [0.15, 0.2) is 23.0 Å². The SMILES string of the molecule is COc1cc2c(cc1OC)CN1CCc3cc(OC)c(OS(=O)(=O)CC45CCC(CC4=O)C5(C)C)cc3C1C2. The molecule has 210 valence electrons. The molecule has 2 saturated carbocycles. The van der Waals surface area contributed by atoms with Crippen LogP contribution in [0.4, 0.5) is 0 Å². The van der Waals surface area contributed by atoms with Gasteiger partial charge in [0, 0.05) is 25.6 Å². The number of hydrogen-bond acceptors (Lipinski definition) is 8. The van der Waals surface area contributed by atoms with E-state index in [4.69, 9.17) is 18.4 Å². The van der Waals surface area contributed by atoms with Gasteiger partial charge >= 0.3 is 10.1 Å². The lowest BCUT2D eigenvalue weighted by atomic mass is 9.70. The Balaban J connectivity index is 1.32. The highest BCUT2D eigenvalue weighted by Crippen LogP contribution is 2.64. The molecule has 2 fully saturated rings. The molecule has 2 aliphatic heterocycles. The highest BCUT2D eigenvalue weighted by atomic mass is 32.2. The third-order valence-corrected chi connectivity index (χ3v) is 11.4. The minimum atomic E-state index is -4.06. The summed E-state index contributed by atoms with van der Waals surface area (Å²) in [4.78, 5) is 15.4. The van der Waals surface area contributed by atoms with E-state index in [0.29, 0.717) is 24.3 Å². The molecule has 39 heavy (non-hydrogen) atoms. The average molecular weight is 556 g/mol. The number of hydrogen-bond donors (Lipinski definition) is 0. The second kappa shape index (κ2) is 9.13. The zero-order valence-electron chi connectivity index (χ0n) is 23.3. The zero-order chi connectivity index (χ0) is 27.7. The maximum Gasteiger partial charge on any atom is 0.310 e. The van der Waals surface area contributed by atoms with Gasteiger partial charge in [-0.1, -0.05) is 13.8 Å². The summed E-state index contributed by atoms with van der Waals surface area (Å²) in [5, 5.41) is 0. The summed E-state index contributed by atoms with van der Waals surface area (Å²) < 4.78 is 49.5. The van der Waals surface area contributed by atoms with E-state index in [1.165, 1.54) is 18.2 Å². The first-order chi connectivity index (χ1) is 18.5. The molecule has 0 spiro atoms. The molecular formula is C30H37NO7S. The molecule has 0 amide bonds. The fourth-order valence-electron chi connectivity index (χ4n) is 7.72. The number of benzene rings is 2. The number of carbonyl (C=O) groups is 1. The van der Waals surface area contributed by atoms with Gasteiger partial charge in [0.2, 0.25) is 0 Å². The van der Waals surface area contributed by atoms with E-state index < -0.39 is 15.5 Å². The quantitative estimate of drug-likeness (QED) is 0.462. The van der Waals surface area contributed by atoms with Gasteiger partial charge in [0.1, 0.15) is 5.78 Å². The lowest BCUT2D eigenvalue weighted by Gasteiger charge is -2.42. The Labute approximate surface area is 230 Å². The van der Waals surface area contributed by atoms with E-state index in [2.05, 4.69) is 4.90 Å². The van der Waals surface area contributed by atoms with Gasteiger partial charge in [0.25, 0.3) is 0 Å². The van der Waals surface area contributed by atoms with Crippen molar-refractivity contribution in [3.05, 3.63) is 46.5 Å². The van der Waals surface area contributed by atoms with Gasteiger partial charge in [-0.15, -0.1) is 0 Å². The van der Waals surface area contributed by atoms with Crippen molar-refractivity contribution in [1.82, 2.24) is 4.90 Å².